The van der Waals surface area contributed by atoms with E-state index in [0.29, 0.717) is 22.8 Å². The summed E-state index contributed by atoms with van der Waals surface area (Å²) in [6.45, 7) is 6.87. The van der Waals surface area contributed by atoms with Gasteiger partial charge in [-0.15, -0.1) is 0 Å². The quantitative estimate of drug-likeness (QED) is 0.429. The first kappa shape index (κ1) is 21.8. The molecule has 0 radical (unpaired) electrons. The molecule has 0 spiro atoms. The number of hydrogen-bond acceptors (Lipinski definition) is 6. The molecular weight excluding hydrogens is 381 g/mol. The zero-order valence-corrected chi connectivity index (χ0v) is 17.4. The van der Waals surface area contributed by atoms with Gasteiger partial charge in [-0.2, -0.15) is 0 Å². The van der Waals surface area contributed by atoms with Crippen LogP contribution < -0.4 is 5.32 Å². The van der Waals surface area contributed by atoms with E-state index in [0.717, 1.165) is 17.0 Å². The van der Waals surface area contributed by atoms with Gasteiger partial charge < -0.3 is 10.1 Å². The van der Waals surface area contributed by atoms with E-state index in [2.05, 4.69) is 15.3 Å². The molecule has 0 fully saturated rings. The van der Waals surface area contributed by atoms with E-state index in [1.54, 1.807) is 19.1 Å². The number of amides is 1. The van der Waals surface area contributed by atoms with Gasteiger partial charge in [0.2, 0.25) is 0 Å². The van der Waals surface area contributed by atoms with Crippen LogP contribution in [0, 0.1) is 26.6 Å². The zero-order chi connectivity index (χ0) is 20.8. The first-order valence-corrected chi connectivity index (χ1v) is 10.1. The standard InChI is InChI=1S/C20H24FN3O3S/c1-11-6-7-15(10-17(11)21)24-19(26)14(4)27-18(25)9-8-16-12(2)22-20(28-5)23-13(16)3/h6-7,10,14H,8-9H2,1-5H3,(H,24,26)/t14-/m1/s1. The number of aromatic nitrogens is 2. The van der Waals surface area contributed by atoms with Crippen molar-refractivity contribution in [3.63, 3.8) is 0 Å². The normalized spacial score (nSPS) is 11.8. The van der Waals surface area contributed by atoms with E-state index in [-0.39, 0.29) is 6.42 Å². The number of thioether (sulfide) groups is 1. The number of carbonyl (C=O) groups excluding carboxylic acids is 2. The minimum absolute atomic E-state index is 0.112. The van der Waals surface area contributed by atoms with Gasteiger partial charge in [0.15, 0.2) is 11.3 Å². The van der Waals surface area contributed by atoms with Gasteiger partial charge in [-0.1, -0.05) is 17.8 Å². The van der Waals surface area contributed by atoms with Crippen LogP contribution in [0.1, 0.15) is 35.9 Å². The topological polar surface area (TPSA) is 81.2 Å². The molecule has 1 aromatic heterocycles. The van der Waals surface area contributed by atoms with Crippen LogP contribution in [0.5, 0.6) is 0 Å². The van der Waals surface area contributed by atoms with Crippen molar-refractivity contribution in [2.24, 2.45) is 0 Å². The molecule has 150 valence electrons. The first-order chi connectivity index (χ1) is 13.2. The van der Waals surface area contributed by atoms with Gasteiger partial charge in [0.25, 0.3) is 5.91 Å². The van der Waals surface area contributed by atoms with E-state index in [1.165, 1.54) is 24.8 Å². The number of nitrogens with one attached hydrogen (secondary N) is 1. The summed E-state index contributed by atoms with van der Waals surface area (Å²) in [5.41, 5.74) is 3.36. The van der Waals surface area contributed by atoms with E-state index >= 15 is 0 Å². The molecule has 1 atom stereocenters. The van der Waals surface area contributed by atoms with Crippen molar-refractivity contribution in [3.05, 3.63) is 46.5 Å². The van der Waals surface area contributed by atoms with Crippen molar-refractivity contribution >= 4 is 29.3 Å². The number of ether oxygens (including phenoxy) is 1. The molecule has 2 aromatic rings. The fourth-order valence-corrected chi connectivity index (χ4v) is 3.07. The lowest BCUT2D eigenvalue weighted by Gasteiger charge is -2.14. The van der Waals surface area contributed by atoms with E-state index < -0.39 is 23.8 Å². The van der Waals surface area contributed by atoms with Gasteiger partial charge in [-0.25, -0.2) is 14.4 Å². The second-order valence-corrected chi connectivity index (χ2v) is 7.22. The van der Waals surface area contributed by atoms with Crippen molar-refractivity contribution in [2.75, 3.05) is 11.6 Å². The fourth-order valence-electron chi connectivity index (χ4n) is 2.61. The minimum atomic E-state index is -0.992. The molecular formula is C20H24FN3O3S. The van der Waals surface area contributed by atoms with Crippen molar-refractivity contribution in [3.8, 4) is 0 Å². The Kier molecular flexibility index (Phi) is 7.51. The fraction of sp³-hybridized carbons (Fsp3) is 0.400. The number of nitrogens with zero attached hydrogens (tertiary/aromatic N) is 2. The predicted octanol–water partition coefficient (Wildman–Crippen LogP) is 3.77. The van der Waals surface area contributed by atoms with Crippen LogP contribution in [0.25, 0.3) is 0 Å². The van der Waals surface area contributed by atoms with Gasteiger partial charge in [-0.05, 0) is 63.6 Å². The number of benzene rings is 1. The minimum Gasteiger partial charge on any atom is -0.453 e. The van der Waals surface area contributed by atoms with Crippen LogP contribution >= 0.6 is 11.8 Å². The summed E-state index contributed by atoms with van der Waals surface area (Å²) in [6, 6.07) is 4.39. The summed E-state index contributed by atoms with van der Waals surface area (Å²) in [4.78, 5) is 33.1. The Morgan fingerprint density at radius 1 is 1.21 bits per heavy atom. The molecule has 28 heavy (non-hydrogen) atoms. The Hall–Kier alpha value is -2.48. The van der Waals surface area contributed by atoms with Crippen molar-refractivity contribution in [1.29, 1.82) is 0 Å². The highest BCUT2D eigenvalue weighted by Crippen LogP contribution is 2.18. The Bertz CT molecular complexity index is 866. The Balaban J connectivity index is 1.90. The molecule has 2 rings (SSSR count). The number of rotatable bonds is 7. The summed E-state index contributed by atoms with van der Waals surface area (Å²) in [7, 11) is 0. The molecule has 1 heterocycles. The maximum Gasteiger partial charge on any atom is 0.306 e. The number of esters is 1. The van der Waals surface area contributed by atoms with Gasteiger partial charge in [0.1, 0.15) is 5.82 Å². The smallest absolute Gasteiger partial charge is 0.306 e. The van der Waals surface area contributed by atoms with Crippen molar-refractivity contribution < 1.29 is 18.7 Å². The van der Waals surface area contributed by atoms with Crippen LogP contribution in [0.2, 0.25) is 0 Å². The lowest BCUT2D eigenvalue weighted by molar-refractivity contribution is -0.153. The molecule has 0 unspecified atom stereocenters. The average molecular weight is 405 g/mol. The lowest BCUT2D eigenvalue weighted by atomic mass is 10.1. The summed E-state index contributed by atoms with van der Waals surface area (Å²) in [5, 5.41) is 3.23. The van der Waals surface area contributed by atoms with Crippen LogP contribution in [0.3, 0.4) is 0 Å². The Labute approximate surface area is 168 Å². The third-order valence-corrected chi connectivity index (χ3v) is 4.83. The number of anilines is 1. The number of aryl methyl sites for hydroxylation is 3. The van der Waals surface area contributed by atoms with E-state index in [4.69, 9.17) is 4.74 Å². The van der Waals surface area contributed by atoms with Crippen LogP contribution in [-0.2, 0) is 20.7 Å². The average Bonchev–Trinajstić information content (AvgIpc) is 2.63. The Morgan fingerprint density at radius 3 is 2.43 bits per heavy atom. The van der Waals surface area contributed by atoms with Crippen LogP contribution in [0.4, 0.5) is 10.1 Å². The van der Waals surface area contributed by atoms with Crippen molar-refractivity contribution in [1.82, 2.24) is 9.97 Å². The second kappa shape index (κ2) is 9.64. The maximum atomic E-state index is 13.6. The zero-order valence-electron chi connectivity index (χ0n) is 16.6. The van der Waals surface area contributed by atoms with Crippen LogP contribution in [0.15, 0.2) is 23.4 Å². The van der Waals surface area contributed by atoms with Gasteiger partial charge >= 0.3 is 5.97 Å². The second-order valence-electron chi connectivity index (χ2n) is 6.44. The summed E-state index contributed by atoms with van der Waals surface area (Å²) < 4.78 is 18.8. The number of halogens is 1. The SMILES string of the molecule is CSc1nc(C)c(CCC(=O)O[C@H](C)C(=O)Nc2ccc(C)c(F)c2)c(C)n1. The first-order valence-electron chi connectivity index (χ1n) is 8.86. The monoisotopic (exact) mass is 405 g/mol. The third-order valence-electron chi connectivity index (χ3n) is 4.28. The molecule has 0 bridgehead atoms. The number of carbonyl (C=O) groups is 2. The van der Waals surface area contributed by atoms with Gasteiger partial charge in [0.05, 0.1) is 0 Å². The predicted molar refractivity (Wildman–Crippen MR) is 107 cm³/mol. The largest absolute Gasteiger partial charge is 0.453 e. The molecule has 1 aromatic carbocycles. The number of hydrogen-bond donors (Lipinski definition) is 1. The molecule has 6 nitrogen and oxygen atoms in total. The van der Waals surface area contributed by atoms with Gasteiger partial charge in [0, 0.05) is 23.5 Å². The van der Waals surface area contributed by atoms with Crippen LogP contribution in [-0.4, -0.2) is 34.2 Å². The maximum absolute atomic E-state index is 13.6. The highest BCUT2D eigenvalue weighted by molar-refractivity contribution is 7.98. The van der Waals surface area contributed by atoms with E-state index in [1.807, 2.05) is 20.1 Å². The molecule has 1 amide bonds. The summed E-state index contributed by atoms with van der Waals surface area (Å²) in [6.07, 6.45) is 1.46. The molecule has 0 aliphatic carbocycles. The van der Waals surface area contributed by atoms with Crippen molar-refractivity contribution in [2.45, 2.75) is 51.8 Å². The van der Waals surface area contributed by atoms with E-state index in [9.17, 15) is 14.0 Å². The lowest BCUT2D eigenvalue weighted by Crippen LogP contribution is -2.30. The third kappa shape index (κ3) is 5.76. The Morgan fingerprint density at radius 2 is 1.86 bits per heavy atom. The molecule has 0 saturated carbocycles. The summed E-state index contributed by atoms with van der Waals surface area (Å²) in [5.74, 6) is -1.43. The van der Waals surface area contributed by atoms with Gasteiger partial charge in [-0.3, -0.25) is 9.59 Å². The highest BCUT2D eigenvalue weighted by atomic mass is 32.2. The molecule has 0 aliphatic rings. The summed E-state index contributed by atoms with van der Waals surface area (Å²) >= 11 is 1.46. The molecule has 0 saturated heterocycles. The molecule has 1 N–H and O–H groups in total. The molecule has 8 heteroatoms. The highest BCUT2D eigenvalue weighted by Gasteiger charge is 2.19. The molecule has 0 aliphatic heterocycles.